The average molecular weight is 360 g/mol. The number of hydrogen-bond donors (Lipinski definition) is 0. The molecule has 3 rings (SSSR count). The molecule has 0 bridgehead atoms. The van der Waals surface area contributed by atoms with E-state index in [4.69, 9.17) is 9.57 Å². The second kappa shape index (κ2) is 7.37. The number of carbonyl (C=O) groups excluding carboxylic acids is 2. The Bertz CT molecular complexity index is 686. The van der Waals surface area contributed by atoms with Gasteiger partial charge in [-0.25, -0.2) is 5.06 Å². The minimum atomic E-state index is -0.849. The summed E-state index contributed by atoms with van der Waals surface area (Å²) in [6.07, 6.45) is 2.32. The Morgan fingerprint density at radius 2 is 2.00 bits per heavy atom. The van der Waals surface area contributed by atoms with E-state index in [1.807, 2.05) is 50.1 Å². The molecule has 1 amide bonds. The standard InChI is InChI=1S/C20H28N2O4/c1-14-9-5-6-10-15(14)17-16(18(23)22-11-7-8-12-26-22)13-20(2,21(17)3)19(24)25-4/h5-6,9-10,16-17H,7-8,11-13H2,1-4H3/t16-,17-,20-/m0/s1. The smallest absolute Gasteiger partial charge is 0.326 e. The lowest BCUT2D eigenvalue weighted by atomic mass is 9.88. The van der Waals surface area contributed by atoms with Gasteiger partial charge >= 0.3 is 5.97 Å². The van der Waals surface area contributed by atoms with Gasteiger partial charge in [-0.3, -0.25) is 19.3 Å². The molecule has 0 radical (unpaired) electrons. The molecule has 0 saturated carbocycles. The lowest BCUT2D eigenvalue weighted by Crippen LogP contribution is -2.47. The molecule has 6 nitrogen and oxygen atoms in total. The third kappa shape index (κ3) is 3.12. The maximum absolute atomic E-state index is 13.3. The van der Waals surface area contributed by atoms with Crippen LogP contribution in [-0.2, 0) is 19.2 Å². The molecule has 6 heteroatoms. The maximum atomic E-state index is 13.3. The van der Waals surface area contributed by atoms with Crippen molar-refractivity contribution < 1.29 is 19.2 Å². The number of esters is 1. The normalized spacial score (nSPS) is 29.6. The first kappa shape index (κ1) is 18.9. The fourth-order valence-electron chi connectivity index (χ4n) is 4.23. The van der Waals surface area contributed by atoms with Crippen molar-refractivity contribution in [2.45, 2.75) is 44.7 Å². The molecule has 26 heavy (non-hydrogen) atoms. The van der Waals surface area contributed by atoms with Gasteiger partial charge in [0.2, 0.25) is 0 Å². The van der Waals surface area contributed by atoms with E-state index in [9.17, 15) is 9.59 Å². The SMILES string of the molecule is COC(=O)[C@]1(C)C[C@H](C(=O)N2CCCCO2)[C@H](c2ccccc2C)N1C. The van der Waals surface area contributed by atoms with Crippen molar-refractivity contribution in [2.75, 3.05) is 27.3 Å². The maximum Gasteiger partial charge on any atom is 0.326 e. The first-order chi connectivity index (χ1) is 12.4. The topological polar surface area (TPSA) is 59.1 Å². The van der Waals surface area contributed by atoms with Gasteiger partial charge in [-0.1, -0.05) is 24.3 Å². The molecular weight excluding hydrogens is 332 g/mol. The average Bonchev–Trinajstić information content (AvgIpc) is 2.94. The Hall–Kier alpha value is -1.92. The summed E-state index contributed by atoms with van der Waals surface area (Å²) < 4.78 is 5.06. The van der Waals surface area contributed by atoms with Crippen LogP contribution in [0.4, 0.5) is 0 Å². The van der Waals surface area contributed by atoms with Crippen molar-refractivity contribution in [1.29, 1.82) is 0 Å². The van der Waals surface area contributed by atoms with E-state index in [1.165, 1.54) is 12.2 Å². The number of benzene rings is 1. The number of carbonyl (C=O) groups is 2. The van der Waals surface area contributed by atoms with Crippen molar-refractivity contribution >= 4 is 11.9 Å². The first-order valence-corrected chi connectivity index (χ1v) is 9.21. The predicted molar refractivity (Wildman–Crippen MR) is 97.1 cm³/mol. The molecular formula is C20H28N2O4. The zero-order valence-electron chi connectivity index (χ0n) is 16.0. The van der Waals surface area contributed by atoms with Gasteiger partial charge in [0.05, 0.1) is 19.6 Å². The van der Waals surface area contributed by atoms with Crippen molar-refractivity contribution in [3.8, 4) is 0 Å². The number of hydroxylamine groups is 2. The number of ether oxygens (including phenoxy) is 1. The Labute approximate surface area is 155 Å². The number of hydrogen-bond acceptors (Lipinski definition) is 5. The largest absolute Gasteiger partial charge is 0.468 e. The molecule has 142 valence electrons. The summed E-state index contributed by atoms with van der Waals surface area (Å²) in [5, 5.41) is 1.50. The minimum Gasteiger partial charge on any atom is -0.468 e. The lowest BCUT2D eigenvalue weighted by Gasteiger charge is -2.34. The van der Waals surface area contributed by atoms with Crippen molar-refractivity contribution in [1.82, 2.24) is 9.96 Å². The number of likely N-dealkylation sites (N-methyl/N-ethyl adjacent to an activating group) is 1. The summed E-state index contributed by atoms with van der Waals surface area (Å²) in [5.74, 6) is -0.714. The number of methoxy groups -OCH3 is 1. The molecule has 2 fully saturated rings. The van der Waals surface area contributed by atoms with Crippen molar-refractivity contribution in [3.05, 3.63) is 35.4 Å². The third-order valence-electron chi connectivity index (χ3n) is 5.89. The van der Waals surface area contributed by atoms with Crippen LogP contribution in [0.5, 0.6) is 0 Å². The number of aryl methyl sites for hydroxylation is 1. The highest BCUT2D eigenvalue weighted by molar-refractivity contribution is 5.85. The van der Waals surface area contributed by atoms with Crippen LogP contribution >= 0.6 is 0 Å². The van der Waals surface area contributed by atoms with E-state index in [-0.39, 0.29) is 23.8 Å². The van der Waals surface area contributed by atoms with Crippen LogP contribution in [0.15, 0.2) is 24.3 Å². The molecule has 0 aromatic heterocycles. The molecule has 2 heterocycles. The minimum absolute atomic E-state index is 0.0440. The quantitative estimate of drug-likeness (QED) is 0.775. The second-order valence-corrected chi connectivity index (χ2v) is 7.47. The Kier molecular flexibility index (Phi) is 5.34. The molecule has 0 spiro atoms. The van der Waals surface area contributed by atoms with E-state index in [0.717, 1.165) is 24.0 Å². The van der Waals surface area contributed by atoms with Crippen LogP contribution in [0.3, 0.4) is 0 Å². The van der Waals surface area contributed by atoms with Crippen LogP contribution < -0.4 is 0 Å². The van der Waals surface area contributed by atoms with Gasteiger partial charge in [0.1, 0.15) is 5.54 Å². The molecule has 2 aliphatic rings. The van der Waals surface area contributed by atoms with Gasteiger partial charge in [-0.15, -0.1) is 0 Å². The Morgan fingerprint density at radius 3 is 2.62 bits per heavy atom. The Balaban J connectivity index is 2.00. The molecule has 0 N–H and O–H groups in total. The molecule has 1 aromatic rings. The van der Waals surface area contributed by atoms with Gasteiger partial charge in [0, 0.05) is 12.6 Å². The monoisotopic (exact) mass is 360 g/mol. The van der Waals surface area contributed by atoms with Gasteiger partial charge in [-0.05, 0) is 51.3 Å². The summed E-state index contributed by atoms with van der Waals surface area (Å²) >= 11 is 0. The molecule has 0 aliphatic carbocycles. The fourth-order valence-corrected chi connectivity index (χ4v) is 4.23. The molecule has 0 unspecified atom stereocenters. The molecule has 2 aliphatic heterocycles. The summed E-state index contributed by atoms with van der Waals surface area (Å²) in [4.78, 5) is 33.4. The van der Waals surface area contributed by atoms with E-state index >= 15 is 0 Å². The summed E-state index contributed by atoms with van der Waals surface area (Å²) in [6, 6.07) is 7.84. The fraction of sp³-hybridized carbons (Fsp3) is 0.600. The summed E-state index contributed by atoms with van der Waals surface area (Å²) in [7, 11) is 3.30. The van der Waals surface area contributed by atoms with E-state index in [1.54, 1.807) is 0 Å². The third-order valence-corrected chi connectivity index (χ3v) is 5.89. The van der Waals surface area contributed by atoms with Crippen molar-refractivity contribution in [3.63, 3.8) is 0 Å². The van der Waals surface area contributed by atoms with Gasteiger partial charge in [0.25, 0.3) is 5.91 Å². The van der Waals surface area contributed by atoms with Crippen LogP contribution in [0.1, 0.15) is 43.4 Å². The van der Waals surface area contributed by atoms with Crippen molar-refractivity contribution in [2.24, 2.45) is 5.92 Å². The van der Waals surface area contributed by atoms with Crippen LogP contribution in [0.25, 0.3) is 0 Å². The lowest BCUT2D eigenvalue weighted by molar-refractivity contribution is -0.202. The highest BCUT2D eigenvalue weighted by Crippen LogP contribution is 2.47. The highest BCUT2D eigenvalue weighted by atomic mass is 16.7. The number of likely N-dealkylation sites (tertiary alicyclic amines) is 1. The number of nitrogens with zero attached hydrogens (tertiary/aromatic N) is 2. The van der Waals surface area contributed by atoms with Gasteiger partial charge in [-0.2, -0.15) is 0 Å². The number of amides is 1. The number of rotatable bonds is 3. The summed E-state index contributed by atoms with van der Waals surface area (Å²) in [5.41, 5.74) is 1.33. The first-order valence-electron chi connectivity index (χ1n) is 9.21. The summed E-state index contributed by atoms with van der Waals surface area (Å²) in [6.45, 7) is 5.07. The van der Waals surface area contributed by atoms with Gasteiger partial charge in [0.15, 0.2) is 0 Å². The van der Waals surface area contributed by atoms with E-state index in [0.29, 0.717) is 19.6 Å². The van der Waals surface area contributed by atoms with Crippen LogP contribution in [-0.4, -0.2) is 54.7 Å². The molecule has 2 saturated heterocycles. The van der Waals surface area contributed by atoms with E-state index in [2.05, 4.69) is 0 Å². The van der Waals surface area contributed by atoms with Crippen LogP contribution in [0.2, 0.25) is 0 Å². The second-order valence-electron chi connectivity index (χ2n) is 7.47. The highest BCUT2D eigenvalue weighted by Gasteiger charge is 2.56. The predicted octanol–water partition coefficient (Wildman–Crippen LogP) is 2.47. The zero-order valence-corrected chi connectivity index (χ0v) is 16.0. The van der Waals surface area contributed by atoms with E-state index < -0.39 is 5.54 Å². The van der Waals surface area contributed by atoms with Crippen LogP contribution in [0, 0.1) is 12.8 Å². The zero-order chi connectivity index (χ0) is 18.9. The Morgan fingerprint density at radius 1 is 1.27 bits per heavy atom. The van der Waals surface area contributed by atoms with Gasteiger partial charge < -0.3 is 4.74 Å². The molecule has 1 aromatic carbocycles. The molecule has 3 atom stereocenters.